The standard InChI is InChI=1S/C33H44N4O4/c1-22-8-9-27(19-29(22)30(34)15-23(2)31(38)35-20-28-7-6-12-41-28)36-32(39)25-16-24(17-26(18-25)33(3,4)5)21-37-10-13-40-14-11-37/h8-9,15-19,28,34H,6-7,10-14,20-21H2,1-5H3,(H,35,38)(H,36,39)/b23-15+,34-30?. The Labute approximate surface area is 244 Å². The van der Waals surface area contributed by atoms with Crippen LogP contribution in [0.3, 0.4) is 0 Å². The lowest BCUT2D eigenvalue weighted by Gasteiger charge is -2.28. The molecule has 4 rings (SSSR count). The first-order chi connectivity index (χ1) is 19.5. The van der Waals surface area contributed by atoms with Crippen LogP contribution in [0.5, 0.6) is 0 Å². The first kappa shape index (κ1) is 30.6. The van der Waals surface area contributed by atoms with E-state index >= 15 is 0 Å². The molecule has 1 unspecified atom stereocenters. The number of allylic oxidation sites excluding steroid dienone is 1. The van der Waals surface area contributed by atoms with Gasteiger partial charge in [-0.25, -0.2) is 0 Å². The van der Waals surface area contributed by atoms with Crippen molar-refractivity contribution in [2.45, 2.75) is 65.5 Å². The van der Waals surface area contributed by atoms with Crippen LogP contribution in [0.15, 0.2) is 48.0 Å². The van der Waals surface area contributed by atoms with Crippen LogP contribution in [0.1, 0.15) is 73.1 Å². The van der Waals surface area contributed by atoms with Crippen molar-refractivity contribution in [3.63, 3.8) is 0 Å². The number of amides is 2. The van der Waals surface area contributed by atoms with E-state index in [2.05, 4.69) is 42.4 Å². The van der Waals surface area contributed by atoms with Gasteiger partial charge in [-0.05, 0) is 79.1 Å². The van der Waals surface area contributed by atoms with Crippen LogP contribution < -0.4 is 10.6 Å². The zero-order valence-corrected chi connectivity index (χ0v) is 25.1. The van der Waals surface area contributed by atoms with Gasteiger partial charge in [0.15, 0.2) is 0 Å². The second-order valence-electron chi connectivity index (χ2n) is 12.1. The lowest BCUT2D eigenvalue weighted by Crippen LogP contribution is -2.35. The monoisotopic (exact) mass is 560 g/mol. The molecule has 8 heteroatoms. The molecular formula is C33H44N4O4. The van der Waals surface area contributed by atoms with Gasteiger partial charge in [-0.1, -0.05) is 32.9 Å². The minimum atomic E-state index is -0.209. The zero-order valence-electron chi connectivity index (χ0n) is 25.1. The van der Waals surface area contributed by atoms with Gasteiger partial charge < -0.3 is 25.5 Å². The number of carbonyl (C=O) groups is 2. The molecule has 2 amide bonds. The number of ether oxygens (including phenoxy) is 2. The predicted octanol–water partition coefficient (Wildman–Crippen LogP) is 4.99. The number of hydrogen-bond donors (Lipinski definition) is 3. The largest absolute Gasteiger partial charge is 0.379 e. The molecule has 3 N–H and O–H groups in total. The molecule has 2 fully saturated rings. The predicted molar refractivity (Wildman–Crippen MR) is 163 cm³/mol. The maximum atomic E-state index is 13.5. The van der Waals surface area contributed by atoms with Crippen molar-refractivity contribution < 1.29 is 19.1 Å². The first-order valence-corrected chi connectivity index (χ1v) is 14.5. The summed E-state index contributed by atoms with van der Waals surface area (Å²) in [6, 6.07) is 11.7. The van der Waals surface area contributed by atoms with E-state index in [4.69, 9.17) is 14.9 Å². The number of hydrogen-bond acceptors (Lipinski definition) is 6. The van der Waals surface area contributed by atoms with Crippen molar-refractivity contribution in [1.82, 2.24) is 10.2 Å². The lowest BCUT2D eigenvalue weighted by molar-refractivity contribution is -0.117. The summed E-state index contributed by atoms with van der Waals surface area (Å²) in [7, 11) is 0. The number of benzene rings is 2. The van der Waals surface area contributed by atoms with Gasteiger partial charge in [-0.15, -0.1) is 0 Å². The maximum Gasteiger partial charge on any atom is 0.255 e. The highest BCUT2D eigenvalue weighted by Crippen LogP contribution is 2.26. The average molecular weight is 561 g/mol. The number of anilines is 1. The molecule has 0 saturated carbocycles. The Bertz CT molecular complexity index is 1300. The van der Waals surface area contributed by atoms with Crippen molar-refractivity contribution >= 4 is 23.2 Å². The fourth-order valence-corrected chi connectivity index (χ4v) is 5.07. The van der Waals surface area contributed by atoms with Gasteiger partial charge in [-0.3, -0.25) is 14.5 Å². The van der Waals surface area contributed by atoms with Gasteiger partial charge in [0.1, 0.15) is 0 Å². The highest BCUT2D eigenvalue weighted by molar-refractivity contribution is 6.12. The van der Waals surface area contributed by atoms with Crippen LogP contribution >= 0.6 is 0 Å². The third kappa shape index (κ3) is 8.58. The van der Waals surface area contributed by atoms with Crippen molar-refractivity contribution in [2.75, 3.05) is 44.8 Å². The summed E-state index contributed by atoms with van der Waals surface area (Å²) in [4.78, 5) is 28.4. The average Bonchev–Trinajstić information content (AvgIpc) is 3.46. The molecule has 2 aromatic rings. The van der Waals surface area contributed by atoms with Gasteiger partial charge in [0, 0.05) is 55.2 Å². The minimum absolute atomic E-state index is 0.0632. The van der Waals surface area contributed by atoms with Crippen LogP contribution in [-0.2, 0) is 26.2 Å². The number of carbonyl (C=O) groups excluding carboxylic acids is 2. The topological polar surface area (TPSA) is 104 Å². The van der Waals surface area contributed by atoms with E-state index in [0.29, 0.717) is 28.9 Å². The van der Waals surface area contributed by atoms with Gasteiger partial charge in [0.25, 0.3) is 5.91 Å². The Morgan fingerprint density at radius 2 is 1.85 bits per heavy atom. The summed E-state index contributed by atoms with van der Waals surface area (Å²) in [5.74, 6) is -0.403. The molecule has 0 aromatic heterocycles. The molecule has 2 heterocycles. The van der Waals surface area contributed by atoms with Crippen LogP contribution in [-0.4, -0.2) is 68.0 Å². The van der Waals surface area contributed by atoms with Crippen molar-refractivity contribution in [2.24, 2.45) is 0 Å². The Balaban J connectivity index is 1.48. The number of nitrogens with one attached hydrogen (secondary N) is 3. The number of nitrogens with zero attached hydrogens (tertiary/aromatic N) is 1. The smallest absolute Gasteiger partial charge is 0.255 e. The van der Waals surface area contributed by atoms with Crippen molar-refractivity contribution in [3.05, 3.63) is 75.9 Å². The van der Waals surface area contributed by atoms with Gasteiger partial charge >= 0.3 is 0 Å². The summed E-state index contributed by atoms with van der Waals surface area (Å²) in [5.41, 5.74) is 5.53. The van der Waals surface area contributed by atoms with E-state index in [1.807, 2.05) is 31.2 Å². The lowest BCUT2D eigenvalue weighted by atomic mass is 9.85. The quantitative estimate of drug-likeness (QED) is 0.296. The third-order valence-corrected chi connectivity index (χ3v) is 7.65. The SMILES string of the molecule is C/C(=C\C(=N)c1cc(NC(=O)c2cc(CN3CCOCC3)cc(C(C)(C)C)c2)ccc1C)C(=O)NCC1CCCO1. The van der Waals surface area contributed by atoms with Crippen molar-refractivity contribution in [3.8, 4) is 0 Å². The molecule has 0 bridgehead atoms. The van der Waals surface area contributed by atoms with E-state index in [1.165, 1.54) is 0 Å². The molecule has 0 spiro atoms. The molecule has 220 valence electrons. The molecule has 41 heavy (non-hydrogen) atoms. The molecule has 2 saturated heterocycles. The summed E-state index contributed by atoms with van der Waals surface area (Å²) >= 11 is 0. The molecule has 2 aliphatic rings. The molecular weight excluding hydrogens is 516 g/mol. The number of aryl methyl sites for hydroxylation is 1. The summed E-state index contributed by atoms with van der Waals surface area (Å²) in [6.45, 7) is 15.3. The molecule has 8 nitrogen and oxygen atoms in total. The third-order valence-electron chi connectivity index (χ3n) is 7.65. The summed E-state index contributed by atoms with van der Waals surface area (Å²) < 4.78 is 11.1. The first-order valence-electron chi connectivity index (χ1n) is 14.5. The Hall–Kier alpha value is -3.33. The van der Waals surface area contributed by atoms with Crippen LogP contribution in [0.4, 0.5) is 5.69 Å². The van der Waals surface area contributed by atoms with Crippen molar-refractivity contribution in [1.29, 1.82) is 5.41 Å². The van der Waals surface area contributed by atoms with E-state index in [0.717, 1.165) is 69.0 Å². The number of morpholine rings is 1. The van der Waals surface area contributed by atoms with Crippen LogP contribution in [0.25, 0.3) is 0 Å². The minimum Gasteiger partial charge on any atom is -0.379 e. The van der Waals surface area contributed by atoms with Crippen LogP contribution in [0.2, 0.25) is 0 Å². The zero-order chi connectivity index (χ0) is 29.6. The Morgan fingerprint density at radius 3 is 2.54 bits per heavy atom. The van der Waals surface area contributed by atoms with E-state index in [-0.39, 0.29) is 29.0 Å². The highest BCUT2D eigenvalue weighted by Gasteiger charge is 2.20. The van der Waals surface area contributed by atoms with Gasteiger partial charge in [-0.2, -0.15) is 0 Å². The summed E-state index contributed by atoms with van der Waals surface area (Å²) in [5, 5.41) is 14.6. The van der Waals surface area contributed by atoms with E-state index < -0.39 is 0 Å². The molecule has 2 aliphatic heterocycles. The highest BCUT2D eigenvalue weighted by atomic mass is 16.5. The molecule has 0 radical (unpaired) electrons. The second kappa shape index (κ2) is 13.6. The van der Waals surface area contributed by atoms with Gasteiger partial charge in [0.05, 0.1) is 25.0 Å². The maximum absolute atomic E-state index is 13.5. The number of rotatable bonds is 9. The fraction of sp³-hybridized carbons (Fsp3) is 0.485. The molecule has 1 atom stereocenters. The van der Waals surface area contributed by atoms with Gasteiger partial charge in [0.2, 0.25) is 5.91 Å². The molecule has 0 aliphatic carbocycles. The fourth-order valence-electron chi connectivity index (χ4n) is 5.07. The Morgan fingerprint density at radius 1 is 1.10 bits per heavy atom. The van der Waals surface area contributed by atoms with E-state index in [1.54, 1.807) is 19.1 Å². The Kier molecular flexibility index (Phi) is 10.1. The summed E-state index contributed by atoms with van der Waals surface area (Å²) in [6.07, 6.45) is 3.60. The van der Waals surface area contributed by atoms with E-state index in [9.17, 15) is 9.59 Å². The normalized spacial score (nSPS) is 18.3. The molecule has 2 aromatic carbocycles. The van der Waals surface area contributed by atoms with Crippen LogP contribution in [0, 0.1) is 12.3 Å². The second-order valence-corrected chi connectivity index (χ2v) is 12.1.